The molecule has 1 heterocycles. The molecule has 1 aliphatic heterocycles. The molecule has 0 bridgehead atoms. The minimum atomic E-state index is -0.561. The van der Waals surface area contributed by atoms with Gasteiger partial charge in [0.15, 0.2) is 5.17 Å². The average Bonchev–Trinajstić information content (AvgIpc) is 2.89. The Kier molecular flexibility index (Phi) is 5.68. The summed E-state index contributed by atoms with van der Waals surface area (Å²) in [5.74, 6) is -0.866. The number of rotatable bonds is 4. The molecule has 0 aliphatic carbocycles. The van der Waals surface area contributed by atoms with Crippen LogP contribution < -0.4 is 10.2 Å². The number of imide groups is 1. The number of benzene rings is 2. The van der Waals surface area contributed by atoms with E-state index in [0.29, 0.717) is 23.1 Å². The van der Waals surface area contributed by atoms with Crippen molar-refractivity contribution in [3.05, 3.63) is 60.4 Å². The van der Waals surface area contributed by atoms with Gasteiger partial charge >= 0.3 is 0 Å². The molecule has 1 aliphatic rings. The number of para-hydroxylation sites is 1. The summed E-state index contributed by atoms with van der Waals surface area (Å²) in [6.45, 7) is 2.37. The fraction of sp³-hybridized carbons (Fsp3) is 0.211. The number of aliphatic imine (C=N–C) groups is 1. The van der Waals surface area contributed by atoms with Gasteiger partial charge in [-0.25, -0.2) is 9.29 Å². The first-order valence-corrected chi connectivity index (χ1v) is 9.12. The molecule has 0 saturated carbocycles. The van der Waals surface area contributed by atoms with Gasteiger partial charge in [0, 0.05) is 18.7 Å². The minimum absolute atomic E-state index is 0.103. The molecule has 7 heteroatoms. The lowest BCUT2D eigenvalue weighted by Crippen LogP contribution is -2.31. The summed E-state index contributed by atoms with van der Waals surface area (Å²) in [5, 5.41) is 2.95. The maximum atomic E-state index is 13.4. The highest BCUT2D eigenvalue weighted by Gasteiger charge is 2.40. The van der Waals surface area contributed by atoms with Crippen molar-refractivity contribution in [2.24, 2.45) is 4.99 Å². The molecule has 2 aromatic rings. The van der Waals surface area contributed by atoms with Gasteiger partial charge in [-0.3, -0.25) is 14.6 Å². The van der Waals surface area contributed by atoms with E-state index in [1.165, 1.54) is 28.8 Å². The Morgan fingerprint density at radius 3 is 2.69 bits per heavy atom. The molecule has 5 nitrogen and oxygen atoms in total. The molecule has 1 atom stereocenters. The highest BCUT2D eigenvalue weighted by Crippen LogP contribution is 2.30. The van der Waals surface area contributed by atoms with Gasteiger partial charge < -0.3 is 5.32 Å². The van der Waals surface area contributed by atoms with Crippen LogP contribution in [0.2, 0.25) is 0 Å². The number of amides is 2. The van der Waals surface area contributed by atoms with Crippen LogP contribution in [0.15, 0.2) is 59.6 Å². The van der Waals surface area contributed by atoms with E-state index in [1.54, 1.807) is 36.4 Å². The number of thioether (sulfide) groups is 1. The van der Waals surface area contributed by atoms with Gasteiger partial charge in [-0.2, -0.15) is 0 Å². The predicted molar refractivity (Wildman–Crippen MR) is 103 cm³/mol. The van der Waals surface area contributed by atoms with Crippen LogP contribution in [0.4, 0.5) is 15.8 Å². The number of hydrogen-bond donors (Lipinski definition) is 1. The third-order valence-corrected chi connectivity index (χ3v) is 4.86. The summed E-state index contributed by atoms with van der Waals surface area (Å²) in [7, 11) is 0. The van der Waals surface area contributed by atoms with Crippen LogP contribution in [-0.2, 0) is 9.59 Å². The molecule has 2 aromatic carbocycles. The van der Waals surface area contributed by atoms with Crippen LogP contribution in [0.5, 0.6) is 0 Å². The van der Waals surface area contributed by atoms with E-state index in [9.17, 15) is 14.0 Å². The van der Waals surface area contributed by atoms with Crippen molar-refractivity contribution >= 4 is 40.1 Å². The number of anilines is 2. The summed E-state index contributed by atoms with van der Waals surface area (Å²) < 4.78 is 13.4. The molecule has 134 valence electrons. The molecule has 0 aromatic heterocycles. The molecule has 2 amide bonds. The average molecular weight is 371 g/mol. The van der Waals surface area contributed by atoms with Crippen molar-refractivity contribution in [3.63, 3.8) is 0 Å². The van der Waals surface area contributed by atoms with Crippen molar-refractivity contribution < 1.29 is 14.0 Å². The lowest BCUT2D eigenvalue weighted by Gasteiger charge is -2.15. The first-order valence-electron chi connectivity index (χ1n) is 8.24. The standard InChI is InChI=1S/C19H18FN3O2S/c1-2-21-19(22-14-8-6-7-13(20)11-14)26-16-12-17(24)23(18(16)25)15-9-4-3-5-10-15/h3-11,16H,2,12H2,1H3,(H,21,22). The Hall–Kier alpha value is -2.67. The molecule has 1 saturated heterocycles. The summed E-state index contributed by atoms with van der Waals surface area (Å²) in [5.41, 5.74) is 1.11. The van der Waals surface area contributed by atoms with E-state index in [2.05, 4.69) is 10.3 Å². The lowest BCUT2D eigenvalue weighted by molar-refractivity contribution is -0.121. The first-order chi connectivity index (χ1) is 12.6. The topological polar surface area (TPSA) is 61.8 Å². The number of amidine groups is 1. The summed E-state index contributed by atoms with van der Waals surface area (Å²) in [6, 6.07) is 14.9. The maximum Gasteiger partial charge on any atom is 0.247 e. The zero-order valence-electron chi connectivity index (χ0n) is 14.2. The molecule has 1 unspecified atom stereocenters. The van der Waals surface area contributed by atoms with Gasteiger partial charge in [0.05, 0.1) is 5.69 Å². The van der Waals surface area contributed by atoms with Crippen molar-refractivity contribution in [2.45, 2.75) is 18.6 Å². The zero-order valence-corrected chi connectivity index (χ0v) is 15.0. The monoisotopic (exact) mass is 371 g/mol. The van der Waals surface area contributed by atoms with Gasteiger partial charge in [-0.15, -0.1) is 0 Å². The highest BCUT2D eigenvalue weighted by atomic mass is 32.2. The van der Waals surface area contributed by atoms with Crippen LogP contribution in [-0.4, -0.2) is 28.8 Å². The smallest absolute Gasteiger partial charge is 0.247 e. The second kappa shape index (κ2) is 8.14. The molecule has 26 heavy (non-hydrogen) atoms. The van der Waals surface area contributed by atoms with Crippen LogP contribution in [0.1, 0.15) is 13.3 Å². The second-order valence-corrected chi connectivity index (χ2v) is 6.82. The van der Waals surface area contributed by atoms with Gasteiger partial charge in [-0.05, 0) is 37.3 Å². The van der Waals surface area contributed by atoms with E-state index in [1.807, 2.05) is 13.0 Å². The number of halogens is 1. The number of nitrogens with zero attached hydrogens (tertiary/aromatic N) is 2. The third kappa shape index (κ3) is 4.11. The second-order valence-electron chi connectivity index (χ2n) is 5.63. The zero-order chi connectivity index (χ0) is 18.5. The third-order valence-electron chi connectivity index (χ3n) is 3.75. The van der Waals surface area contributed by atoms with E-state index in [-0.39, 0.29) is 24.1 Å². The van der Waals surface area contributed by atoms with Gasteiger partial charge in [0.1, 0.15) is 11.1 Å². The lowest BCUT2D eigenvalue weighted by atomic mass is 10.3. The quantitative estimate of drug-likeness (QED) is 0.506. The van der Waals surface area contributed by atoms with Crippen LogP contribution >= 0.6 is 11.8 Å². The van der Waals surface area contributed by atoms with Gasteiger partial charge in [-0.1, -0.05) is 36.0 Å². The summed E-state index contributed by atoms with van der Waals surface area (Å²) >= 11 is 1.19. The maximum absolute atomic E-state index is 13.4. The van der Waals surface area contributed by atoms with E-state index >= 15 is 0 Å². The Morgan fingerprint density at radius 2 is 2.00 bits per heavy atom. The van der Waals surface area contributed by atoms with E-state index in [0.717, 1.165) is 0 Å². The molecule has 0 spiro atoms. The molecule has 3 rings (SSSR count). The van der Waals surface area contributed by atoms with Gasteiger partial charge in [0.25, 0.3) is 0 Å². The predicted octanol–water partition coefficient (Wildman–Crippen LogP) is 3.68. The van der Waals surface area contributed by atoms with Gasteiger partial charge in [0.2, 0.25) is 11.8 Å². The Bertz CT molecular complexity index is 842. The SMILES string of the molecule is CCN=C(Nc1cccc(F)c1)SC1CC(=O)N(c2ccccc2)C1=O. The fourth-order valence-corrected chi connectivity index (χ4v) is 3.70. The molecular formula is C19H18FN3O2S. The number of carbonyl (C=O) groups is 2. The Balaban J connectivity index is 1.75. The van der Waals surface area contributed by atoms with Crippen molar-refractivity contribution in [2.75, 3.05) is 16.8 Å². The number of hydrogen-bond acceptors (Lipinski definition) is 4. The number of carbonyl (C=O) groups excluding carboxylic acids is 2. The first kappa shape index (κ1) is 18.1. The van der Waals surface area contributed by atoms with Crippen molar-refractivity contribution in [1.29, 1.82) is 0 Å². The Morgan fingerprint density at radius 1 is 1.23 bits per heavy atom. The van der Waals surface area contributed by atoms with E-state index in [4.69, 9.17) is 0 Å². The normalized spacial score (nSPS) is 17.7. The summed E-state index contributed by atoms with van der Waals surface area (Å²) in [4.78, 5) is 30.6. The van der Waals surface area contributed by atoms with Crippen LogP contribution in [0.25, 0.3) is 0 Å². The molecule has 0 radical (unpaired) electrons. The van der Waals surface area contributed by atoms with Crippen molar-refractivity contribution in [3.8, 4) is 0 Å². The number of nitrogens with one attached hydrogen (secondary N) is 1. The summed E-state index contributed by atoms with van der Waals surface area (Å²) in [6.07, 6.45) is 0.103. The van der Waals surface area contributed by atoms with Crippen LogP contribution in [0.3, 0.4) is 0 Å². The molecular weight excluding hydrogens is 353 g/mol. The highest BCUT2D eigenvalue weighted by molar-refractivity contribution is 8.15. The Labute approximate surface area is 155 Å². The largest absolute Gasteiger partial charge is 0.335 e. The molecule has 1 fully saturated rings. The van der Waals surface area contributed by atoms with E-state index < -0.39 is 5.25 Å². The molecule has 1 N–H and O–H groups in total. The minimum Gasteiger partial charge on any atom is -0.335 e. The van der Waals surface area contributed by atoms with Crippen LogP contribution in [0, 0.1) is 5.82 Å². The fourth-order valence-electron chi connectivity index (χ4n) is 2.62. The van der Waals surface area contributed by atoms with Crippen molar-refractivity contribution in [1.82, 2.24) is 0 Å².